The summed E-state index contributed by atoms with van der Waals surface area (Å²) in [6, 6.07) is 25.5. The quantitative estimate of drug-likeness (QED) is 0.330. The Kier molecular flexibility index (Phi) is 3.25. The maximum Gasteiger partial charge on any atom is 0.144 e. The molecule has 0 bridgehead atoms. The number of rotatable bonds is 2. The highest BCUT2D eigenvalue weighted by Gasteiger charge is 2.24. The second-order valence-corrected chi connectivity index (χ2v) is 7.21. The van der Waals surface area contributed by atoms with E-state index in [2.05, 4.69) is 85.1 Å². The van der Waals surface area contributed by atoms with Crippen LogP contribution in [0, 0.1) is 6.92 Å². The lowest BCUT2D eigenvalue weighted by Gasteiger charge is -2.10. The first-order valence-corrected chi connectivity index (χ1v) is 9.25. The van der Waals surface area contributed by atoms with Crippen LogP contribution >= 0.6 is 11.3 Å². The van der Waals surface area contributed by atoms with Crippen molar-refractivity contribution < 1.29 is 4.42 Å². The van der Waals surface area contributed by atoms with Crippen LogP contribution in [0.2, 0.25) is 0 Å². The molecule has 2 heteroatoms. The first kappa shape index (κ1) is 14.5. The van der Waals surface area contributed by atoms with Crippen molar-refractivity contribution in [3.63, 3.8) is 0 Å². The predicted octanol–water partition coefficient (Wildman–Crippen LogP) is 7.24. The van der Waals surface area contributed by atoms with Crippen molar-refractivity contribution in [2.24, 2.45) is 0 Å². The molecule has 1 aliphatic carbocycles. The predicted molar refractivity (Wildman–Crippen MR) is 106 cm³/mol. The fraction of sp³-hybridized carbons (Fsp3) is 0.0435. The molecule has 1 aromatic heterocycles. The van der Waals surface area contributed by atoms with Gasteiger partial charge >= 0.3 is 0 Å². The molecule has 2 heterocycles. The first-order valence-electron chi connectivity index (χ1n) is 8.37. The van der Waals surface area contributed by atoms with Crippen LogP contribution in [0.5, 0.6) is 0 Å². The largest absolute Gasteiger partial charge is 0.455 e. The highest BCUT2D eigenvalue weighted by Crippen LogP contribution is 2.48. The third kappa shape index (κ3) is 2.22. The van der Waals surface area contributed by atoms with Gasteiger partial charge in [0.2, 0.25) is 0 Å². The lowest BCUT2D eigenvalue weighted by atomic mass is 10.0. The summed E-state index contributed by atoms with van der Waals surface area (Å²) in [5.74, 6) is 1.92. The van der Waals surface area contributed by atoms with E-state index in [-0.39, 0.29) is 0 Å². The fourth-order valence-electron chi connectivity index (χ4n) is 3.62. The van der Waals surface area contributed by atoms with Crippen LogP contribution in [0.15, 0.2) is 82.6 Å². The zero-order chi connectivity index (χ0) is 16.8. The Bertz CT molecular complexity index is 1130. The monoisotopic (exact) mass is 340 g/mol. The number of benzene rings is 2. The van der Waals surface area contributed by atoms with E-state index in [1.165, 1.54) is 33.0 Å². The van der Waals surface area contributed by atoms with Crippen molar-refractivity contribution in [2.45, 2.75) is 6.92 Å². The molecule has 0 saturated carbocycles. The molecule has 0 spiro atoms. The molecule has 1 nitrogen and oxygen atoms in total. The Hall–Kier alpha value is -2.84. The maximum atomic E-state index is 6.47. The van der Waals surface area contributed by atoms with Gasteiger partial charge in [0.15, 0.2) is 0 Å². The second kappa shape index (κ2) is 5.61. The second-order valence-electron chi connectivity index (χ2n) is 6.26. The Labute approximate surface area is 150 Å². The third-order valence-electron chi connectivity index (χ3n) is 4.70. The summed E-state index contributed by atoms with van der Waals surface area (Å²) in [4.78, 5) is 1.16. The van der Waals surface area contributed by atoms with Gasteiger partial charge in [0.05, 0.1) is 4.88 Å². The van der Waals surface area contributed by atoms with Crippen LogP contribution in [0.25, 0.3) is 43.9 Å². The van der Waals surface area contributed by atoms with Crippen molar-refractivity contribution >= 4 is 22.1 Å². The van der Waals surface area contributed by atoms with E-state index in [1.54, 1.807) is 11.3 Å². The molecule has 25 heavy (non-hydrogen) atoms. The molecule has 120 valence electrons. The van der Waals surface area contributed by atoms with Crippen LogP contribution < -0.4 is 0 Å². The molecule has 0 N–H and O–H groups in total. The topological polar surface area (TPSA) is 13.1 Å². The molecule has 2 aliphatic rings. The van der Waals surface area contributed by atoms with E-state index >= 15 is 0 Å². The van der Waals surface area contributed by atoms with Crippen molar-refractivity contribution in [1.82, 2.24) is 0 Å². The van der Waals surface area contributed by atoms with E-state index < -0.39 is 0 Å². The standard InChI is InChI=1S/C23H16OS/c1-15-14-19(20-12-7-13-25-20)24-23-21(15)17-10-5-6-11-18(17)22(23)16-8-3-2-4-9-16/h2-14H,1H3. The lowest BCUT2D eigenvalue weighted by Crippen LogP contribution is -1.86. The van der Waals surface area contributed by atoms with Crippen LogP contribution in [-0.2, 0) is 0 Å². The number of thiophene rings is 1. The fourth-order valence-corrected chi connectivity index (χ4v) is 4.30. The van der Waals surface area contributed by atoms with Gasteiger partial charge in [0.25, 0.3) is 0 Å². The average molecular weight is 340 g/mol. The number of fused-ring (bicyclic) bond motifs is 3. The zero-order valence-corrected chi connectivity index (χ0v) is 14.6. The van der Waals surface area contributed by atoms with E-state index in [0.717, 1.165) is 16.4 Å². The SMILES string of the molecule is Cc1cc(-c2cccs2)oc2c(-c3ccccc3)c3ccccc3c1-2. The average Bonchev–Trinajstić information content (AvgIpc) is 3.28. The summed E-state index contributed by atoms with van der Waals surface area (Å²) in [7, 11) is 0. The molecule has 0 fully saturated rings. The smallest absolute Gasteiger partial charge is 0.144 e. The molecule has 0 radical (unpaired) electrons. The van der Waals surface area contributed by atoms with Gasteiger partial charge in [0, 0.05) is 11.1 Å². The van der Waals surface area contributed by atoms with Crippen LogP contribution in [0.3, 0.4) is 0 Å². The molecule has 2 aromatic carbocycles. The summed E-state index contributed by atoms with van der Waals surface area (Å²) < 4.78 is 6.47. The van der Waals surface area contributed by atoms with Gasteiger partial charge in [-0.25, -0.2) is 0 Å². The number of hydrogen-bond donors (Lipinski definition) is 0. The third-order valence-corrected chi connectivity index (χ3v) is 5.58. The Morgan fingerprint density at radius 3 is 2.20 bits per heavy atom. The molecule has 0 saturated heterocycles. The zero-order valence-electron chi connectivity index (χ0n) is 13.8. The van der Waals surface area contributed by atoms with Crippen molar-refractivity contribution in [2.75, 3.05) is 0 Å². The van der Waals surface area contributed by atoms with Crippen LogP contribution in [0.4, 0.5) is 0 Å². The molecule has 3 aromatic rings. The molecule has 0 amide bonds. The van der Waals surface area contributed by atoms with E-state index in [1.807, 2.05) is 0 Å². The van der Waals surface area contributed by atoms with Gasteiger partial charge in [-0.15, -0.1) is 11.3 Å². The minimum atomic E-state index is 0.937. The van der Waals surface area contributed by atoms with Gasteiger partial charge in [0.1, 0.15) is 11.5 Å². The first-order chi connectivity index (χ1) is 12.3. The summed E-state index contributed by atoms with van der Waals surface area (Å²) in [6.07, 6.45) is 0. The van der Waals surface area contributed by atoms with Crippen LogP contribution in [-0.4, -0.2) is 0 Å². The minimum absolute atomic E-state index is 0.937. The minimum Gasteiger partial charge on any atom is -0.455 e. The van der Waals surface area contributed by atoms with Gasteiger partial charge in [-0.1, -0.05) is 60.7 Å². The van der Waals surface area contributed by atoms with Gasteiger partial charge in [-0.2, -0.15) is 0 Å². The number of aryl methyl sites for hydroxylation is 1. The normalized spacial score (nSPS) is 11.4. The summed E-state index contributed by atoms with van der Waals surface area (Å²) in [5, 5.41) is 4.60. The van der Waals surface area contributed by atoms with Gasteiger partial charge in [-0.05, 0) is 46.3 Å². The Morgan fingerprint density at radius 1 is 0.760 bits per heavy atom. The van der Waals surface area contributed by atoms with Crippen molar-refractivity contribution in [3.8, 4) is 33.1 Å². The molecule has 0 atom stereocenters. The molecule has 1 aliphatic heterocycles. The molecule has 0 unspecified atom stereocenters. The Morgan fingerprint density at radius 2 is 1.48 bits per heavy atom. The maximum absolute atomic E-state index is 6.47. The molecule has 5 rings (SSSR count). The van der Waals surface area contributed by atoms with E-state index in [0.29, 0.717) is 0 Å². The van der Waals surface area contributed by atoms with E-state index in [4.69, 9.17) is 4.42 Å². The highest BCUT2D eigenvalue weighted by atomic mass is 32.1. The van der Waals surface area contributed by atoms with Gasteiger partial charge < -0.3 is 4.42 Å². The Balaban J connectivity index is 1.93. The summed E-state index contributed by atoms with van der Waals surface area (Å²) in [5.41, 5.74) is 4.85. The molecular formula is C23H16OS. The van der Waals surface area contributed by atoms with Crippen molar-refractivity contribution in [1.29, 1.82) is 0 Å². The van der Waals surface area contributed by atoms with Crippen molar-refractivity contribution in [3.05, 3.63) is 83.7 Å². The lowest BCUT2D eigenvalue weighted by molar-refractivity contribution is 0.585. The van der Waals surface area contributed by atoms with E-state index in [9.17, 15) is 0 Å². The van der Waals surface area contributed by atoms with Gasteiger partial charge in [-0.3, -0.25) is 0 Å². The molecular weight excluding hydrogens is 324 g/mol. The summed E-state index contributed by atoms with van der Waals surface area (Å²) >= 11 is 1.71. The van der Waals surface area contributed by atoms with Crippen LogP contribution in [0.1, 0.15) is 5.56 Å². The number of hydrogen-bond acceptors (Lipinski definition) is 2. The highest BCUT2D eigenvalue weighted by molar-refractivity contribution is 7.13. The summed E-state index contributed by atoms with van der Waals surface area (Å²) in [6.45, 7) is 2.18.